The molecular formula is C11H15N3OS. The van der Waals surface area contributed by atoms with Gasteiger partial charge in [-0.3, -0.25) is 0 Å². The Balaban J connectivity index is 2.00. The molecule has 2 rings (SSSR count). The van der Waals surface area contributed by atoms with Gasteiger partial charge in [-0.25, -0.2) is 4.98 Å². The van der Waals surface area contributed by atoms with E-state index in [1.807, 2.05) is 20.2 Å². The predicted octanol–water partition coefficient (Wildman–Crippen LogP) is 2.09. The molecule has 5 heteroatoms. The van der Waals surface area contributed by atoms with Crippen LogP contribution >= 0.6 is 11.3 Å². The fraction of sp³-hybridized carbons (Fsp3) is 0.364. The van der Waals surface area contributed by atoms with Crippen molar-refractivity contribution in [3.8, 4) is 0 Å². The molecule has 16 heavy (non-hydrogen) atoms. The molecule has 0 atom stereocenters. The van der Waals surface area contributed by atoms with E-state index in [0.717, 1.165) is 29.5 Å². The largest absolute Gasteiger partial charge is 0.472 e. The molecule has 0 aromatic carbocycles. The molecule has 0 saturated carbocycles. The van der Waals surface area contributed by atoms with Crippen molar-refractivity contribution in [2.75, 3.05) is 19.0 Å². The van der Waals surface area contributed by atoms with Crippen molar-refractivity contribution >= 4 is 16.5 Å². The average Bonchev–Trinajstić information content (AvgIpc) is 2.89. The summed E-state index contributed by atoms with van der Waals surface area (Å²) in [7, 11) is 3.96. The van der Waals surface area contributed by atoms with Gasteiger partial charge in [0.05, 0.1) is 18.2 Å². The quantitative estimate of drug-likeness (QED) is 0.864. The Morgan fingerprint density at radius 2 is 2.44 bits per heavy atom. The molecule has 2 aromatic rings. The second-order valence-corrected chi connectivity index (χ2v) is 4.48. The smallest absolute Gasteiger partial charge is 0.185 e. The van der Waals surface area contributed by atoms with Crippen molar-refractivity contribution < 1.29 is 4.42 Å². The summed E-state index contributed by atoms with van der Waals surface area (Å²) in [5.74, 6) is 0. The fourth-order valence-electron chi connectivity index (χ4n) is 1.46. The van der Waals surface area contributed by atoms with Gasteiger partial charge in [-0.05, 0) is 13.1 Å². The first kappa shape index (κ1) is 11.2. The van der Waals surface area contributed by atoms with Gasteiger partial charge < -0.3 is 14.6 Å². The molecule has 0 amide bonds. The molecule has 0 aliphatic rings. The van der Waals surface area contributed by atoms with Crippen LogP contribution in [0.3, 0.4) is 0 Å². The Labute approximate surface area is 98.9 Å². The lowest BCUT2D eigenvalue weighted by atomic mass is 10.3. The lowest BCUT2D eigenvalue weighted by Crippen LogP contribution is -2.16. The van der Waals surface area contributed by atoms with Gasteiger partial charge in [-0.15, -0.1) is 11.3 Å². The highest BCUT2D eigenvalue weighted by molar-refractivity contribution is 7.13. The molecule has 0 fully saturated rings. The highest BCUT2D eigenvalue weighted by Gasteiger charge is 2.07. The van der Waals surface area contributed by atoms with Crippen molar-refractivity contribution in [2.45, 2.75) is 13.1 Å². The number of nitrogens with zero attached hydrogens (tertiary/aromatic N) is 2. The number of thiazole rings is 1. The third-order valence-electron chi connectivity index (χ3n) is 2.22. The average molecular weight is 237 g/mol. The van der Waals surface area contributed by atoms with E-state index in [9.17, 15) is 0 Å². The van der Waals surface area contributed by atoms with Crippen molar-refractivity contribution in [1.82, 2.24) is 10.3 Å². The lowest BCUT2D eigenvalue weighted by molar-refractivity contribution is 0.563. The van der Waals surface area contributed by atoms with Crippen molar-refractivity contribution in [3.05, 3.63) is 35.2 Å². The van der Waals surface area contributed by atoms with Gasteiger partial charge in [0.2, 0.25) is 0 Å². The summed E-state index contributed by atoms with van der Waals surface area (Å²) in [6, 6.07) is 1.97. The highest BCUT2D eigenvalue weighted by Crippen LogP contribution is 2.20. The maximum absolute atomic E-state index is 5.04. The number of aromatic nitrogens is 1. The Morgan fingerprint density at radius 3 is 3.12 bits per heavy atom. The monoisotopic (exact) mass is 237 g/mol. The summed E-state index contributed by atoms with van der Waals surface area (Å²) in [5, 5.41) is 6.21. The number of furan rings is 1. The first-order valence-corrected chi connectivity index (χ1v) is 5.99. The molecule has 0 aliphatic heterocycles. The molecule has 4 nitrogen and oxygen atoms in total. The van der Waals surface area contributed by atoms with Crippen LogP contribution < -0.4 is 10.2 Å². The van der Waals surface area contributed by atoms with E-state index in [0.29, 0.717) is 0 Å². The van der Waals surface area contributed by atoms with Crippen molar-refractivity contribution in [2.24, 2.45) is 0 Å². The molecule has 1 N–H and O–H groups in total. The minimum Gasteiger partial charge on any atom is -0.472 e. The Morgan fingerprint density at radius 1 is 1.56 bits per heavy atom. The van der Waals surface area contributed by atoms with E-state index in [2.05, 4.69) is 20.6 Å². The Hall–Kier alpha value is -1.33. The van der Waals surface area contributed by atoms with Crippen LogP contribution in [0.1, 0.15) is 11.3 Å². The third-order valence-corrected chi connectivity index (χ3v) is 3.23. The SMILES string of the molecule is CNCc1csc(N(C)Cc2ccoc2)n1. The van der Waals surface area contributed by atoms with Crippen LogP contribution in [0.5, 0.6) is 0 Å². The zero-order valence-corrected chi connectivity index (χ0v) is 10.3. The summed E-state index contributed by atoms with van der Waals surface area (Å²) in [6.07, 6.45) is 3.45. The summed E-state index contributed by atoms with van der Waals surface area (Å²) < 4.78 is 5.04. The minimum atomic E-state index is 0.816. The Bertz CT molecular complexity index is 424. The number of rotatable bonds is 5. The molecule has 86 valence electrons. The van der Waals surface area contributed by atoms with E-state index in [-0.39, 0.29) is 0 Å². The van der Waals surface area contributed by atoms with Gasteiger partial charge in [0.15, 0.2) is 5.13 Å². The second kappa shape index (κ2) is 5.14. The van der Waals surface area contributed by atoms with E-state index in [4.69, 9.17) is 4.42 Å². The maximum Gasteiger partial charge on any atom is 0.185 e. The van der Waals surface area contributed by atoms with E-state index < -0.39 is 0 Å². The normalized spacial score (nSPS) is 10.6. The third kappa shape index (κ3) is 2.62. The molecule has 0 spiro atoms. The van der Waals surface area contributed by atoms with Gasteiger partial charge >= 0.3 is 0 Å². The van der Waals surface area contributed by atoms with Gasteiger partial charge in [0.25, 0.3) is 0 Å². The first-order chi connectivity index (χ1) is 7.79. The molecule has 0 radical (unpaired) electrons. The van der Waals surface area contributed by atoms with Gasteiger partial charge in [-0.1, -0.05) is 0 Å². The Kier molecular flexibility index (Phi) is 3.58. The molecule has 0 saturated heterocycles. The zero-order chi connectivity index (χ0) is 11.4. The minimum absolute atomic E-state index is 0.816. The summed E-state index contributed by atoms with van der Waals surface area (Å²) in [6.45, 7) is 1.64. The number of anilines is 1. The molecule has 0 unspecified atom stereocenters. The van der Waals surface area contributed by atoms with Gasteiger partial charge in [0.1, 0.15) is 0 Å². The maximum atomic E-state index is 5.04. The number of hydrogen-bond acceptors (Lipinski definition) is 5. The van der Waals surface area contributed by atoms with Crippen LogP contribution in [-0.4, -0.2) is 19.1 Å². The van der Waals surface area contributed by atoms with Gasteiger partial charge in [0, 0.05) is 31.1 Å². The summed E-state index contributed by atoms with van der Waals surface area (Å²) in [5.41, 5.74) is 2.24. The first-order valence-electron chi connectivity index (χ1n) is 5.11. The van der Waals surface area contributed by atoms with Gasteiger partial charge in [-0.2, -0.15) is 0 Å². The number of hydrogen-bond donors (Lipinski definition) is 1. The summed E-state index contributed by atoms with van der Waals surface area (Å²) in [4.78, 5) is 6.65. The van der Waals surface area contributed by atoms with Crippen LogP contribution in [0.25, 0.3) is 0 Å². The van der Waals surface area contributed by atoms with Crippen molar-refractivity contribution in [1.29, 1.82) is 0 Å². The van der Waals surface area contributed by atoms with Crippen LogP contribution in [0, 0.1) is 0 Å². The van der Waals surface area contributed by atoms with E-state index in [1.54, 1.807) is 23.9 Å². The molecule has 2 aromatic heterocycles. The standard InChI is InChI=1S/C11H15N3OS/c1-12-5-10-8-16-11(13-10)14(2)6-9-3-4-15-7-9/h3-4,7-8,12H,5-6H2,1-2H3. The molecule has 2 heterocycles. The van der Waals surface area contributed by atoms with Crippen molar-refractivity contribution in [3.63, 3.8) is 0 Å². The zero-order valence-electron chi connectivity index (χ0n) is 9.43. The molecular weight excluding hydrogens is 222 g/mol. The molecule has 0 aliphatic carbocycles. The van der Waals surface area contributed by atoms with Crippen LogP contribution in [0.2, 0.25) is 0 Å². The van der Waals surface area contributed by atoms with E-state index in [1.165, 1.54) is 0 Å². The number of nitrogens with one attached hydrogen (secondary N) is 1. The second-order valence-electron chi connectivity index (χ2n) is 3.64. The highest BCUT2D eigenvalue weighted by atomic mass is 32.1. The predicted molar refractivity (Wildman–Crippen MR) is 65.7 cm³/mol. The van der Waals surface area contributed by atoms with Crippen LogP contribution in [0.4, 0.5) is 5.13 Å². The van der Waals surface area contributed by atoms with Crippen LogP contribution in [0.15, 0.2) is 28.4 Å². The van der Waals surface area contributed by atoms with E-state index >= 15 is 0 Å². The fourth-order valence-corrected chi connectivity index (χ4v) is 2.25. The topological polar surface area (TPSA) is 41.3 Å². The summed E-state index contributed by atoms with van der Waals surface area (Å²) >= 11 is 1.66. The van der Waals surface area contributed by atoms with Crippen LogP contribution in [-0.2, 0) is 13.1 Å². The molecule has 0 bridgehead atoms. The lowest BCUT2D eigenvalue weighted by Gasteiger charge is -2.13.